The third kappa shape index (κ3) is 4.19. The normalized spacial score (nSPS) is 13.2. The molecule has 0 radical (unpaired) electrons. The van der Waals surface area contributed by atoms with Gasteiger partial charge in [0.15, 0.2) is 0 Å². The molecule has 0 atom stereocenters. The number of aromatic carboxylic acids is 2. The van der Waals surface area contributed by atoms with Crippen LogP contribution >= 0.6 is 11.6 Å². The van der Waals surface area contributed by atoms with Crippen molar-refractivity contribution in [1.82, 2.24) is 0 Å². The van der Waals surface area contributed by atoms with Crippen LogP contribution in [0.2, 0.25) is 5.02 Å². The van der Waals surface area contributed by atoms with Gasteiger partial charge in [-0.3, -0.25) is 0 Å². The first-order chi connectivity index (χ1) is 15.4. The molecule has 32 heavy (non-hydrogen) atoms. The average molecular weight is 447 g/mol. The van der Waals surface area contributed by atoms with Crippen LogP contribution in [0.1, 0.15) is 50.2 Å². The molecular weight excluding hydrogens is 424 g/mol. The Labute approximate surface area is 190 Å². The summed E-state index contributed by atoms with van der Waals surface area (Å²) >= 11 is 6.09. The molecule has 0 amide bonds. The van der Waals surface area contributed by atoms with Crippen molar-refractivity contribution in [2.45, 2.75) is 32.6 Å². The Morgan fingerprint density at radius 1 is 0.844 bits per heavy atom. The number of hydrogen-bond acceptors (Lipinski definition) is 2. The molecule has 2 N–H and O–H groups in total. The third-order valence-electron chi connectivity index (χ3n) is 6.09. The molecule has 0 aromatic heterocycles. The van der Waals surface area contributed by atoms with Crippen molar-refractivity contribution < 1.29 is 19.8 Å². The smallest absolute Gasteiger partial charge is 0.335 e. The van der Waals surface area contributed by atoms with Crippen LogP contribution in [0.3, 0.4) is 0 Å². The highest BCUT2D eigenvalue weighted by atomic mass is 35.5. The maximum atomic E-state index is 10.6. The Kier molecular flexibility index (Phi) is 6.15. The Bertz CT molecular complexity index is 1420. The monoisotopic (exact) mass is 446 g/mol. The van der Waals surface area contributed by atoms with Crippen molar-refractivity contribution in [3.05, 3.63) is 102 Å². The van der Waals surface area contributed by atoms with Gasteiger partial charge in [0, 0.05) is 5.02 Å². The molecule has 162 valence electrons. The van der Waals surface area contributed by atoms with E-state index in [1.54, 1.807) is 5.56 Å². The number of benzene rings is 3. The van der Waals surface area contributed by atoms with E-state index in [0.717, 1.165) is 11.4 Å². The van der Waals surface area contributed by atoms with Crippen molar-refractivity contribution in [2.24, 2.45) is 0 Å². The quantitative estimate of drug-likeness (QED) is 0.609. The molecule has 0 heterocycles. The second kappa shape index (κ2) is 9.01. The predicted octanol–water partition coefficient (Wildman–Crippen LogP) is 4.47. The van der Waals surface area contributed by atoms with Gasteiger partial charge in [-0.25, -0.2) is 9.59 Å². The van der Waals surface area contributed by atoms with Crippen LogP contribution in [-0.2, 0) is 12.8 Å². The summed E-state index contributed by atoms with van der Waals surface area (Å²) in [5, 5.41) is 23.7. The van der Waals surface area contributed by atoms with Crippen LogP contribution in [0.4, 0.5) is 0 Å². The van der Waals surface area contributed by atoms with Gasteiger partial charge in [0.1, 0.15) is 0 Å². The fourth-order valence-electron chi connectivity index (χ4n) is 4.48. The summed E-state index contributed by atoms with van der Waals surface area (Å²) in [6, 6.07) is 15.0. The molecule has 5 heteroatoms. The lowest BCUT2D eigenvalue weighted by Gasteiger charge is -2.16. The molecule has 0 fully saturated rings. The molecule has 3 aromatic rings. The largest absolute Gasteiger partial charge is 0.478 e. The first kappa shape index (κ1) is 21.8. The van der Waals surface area contributed by atoms with E-state index in [1.807, 2.05) is 6.07 Å². The Balaban J connectivity index is 0.000000166. The van der Waals surface area contributed by atoms with Gasteiger partial charge < -0.3 is 10.2 Å². The van der Waals surface area contributed by atoms with E-state index in [0.29, 0.717) is 0 Å². The number of hydrogen-bond donors (Lipinski definition) is 2. The standard InChI is InChI=1S/C18H15Cl.C9H8O4/c19-14-7-10-16-13(11-14)6-9-17-15-4-2-1-3-12(15)5-8-18(16)17;1-5-6(8(10)11)3-2-4-7(5)9(12)13/h3,5-8,10-11H,1-2,4,9H2;2-4H,1H3,(H,10,11)(H,12,13). The predicted molar refractivity (Wildman–Crippen MR) is 125 cm³/mol. The topological polar surface area (TPSA) is 74.6 Å². The number of carbonyl (C=O) groups is 2. The first-order valence-electron chi connectivity index (χ1n) is 10.5. The zero-order chi connectivity index (χ0) is 22.8. The molecule has 0 unspecified atom stereocenters. The van der Waals surface area contributed by atoms with Gasteiger partial charge in [-0.05, 0) is 94.4 Å². The molecule has 2 aliphatic rings. The Hall–Kier alpha value is -3.37. The summed E-state index contributed by atoms with van der Waals surface area (Å²) in [4.78, 5) is 21.2. The first-order valence-corrected chi connectivity index (χ1v) is 10.9. The summed E-state index contributed by atoms with van der Waals surface area (Å²) < 4.78 is 0. The summed E-state index contributed by atoms with van der Waals surface area (Å²) in [5.74, 6) is -2.22. The minimum absolute atomic E-state index is 0.0277. The fourth-order valence-corrected chi connectivity index (χ4v) is 4.66. The SMILES string of the molecule is Cc1c(C(=O)O)cccc1C(=O)O.Clc1ccc2c(c1)=CCc1c3c(ccc1=2)=CCCC3. The number of carboxylic acids is 2. The van der Waals surface area contributed by atoms with Crippen molar-refractivity contribution in [3.8, 4) is 0 Å². The van der Waals surface area contributed by atoms with Crippen molar-refractivity contribution in [1.29, 1.82) is 0 Å². The second-order valence-electron chi connectivity index (χ2n) is 7.98. The van der Waals surface area contributed by atoms with Crippen LogP contribution in [0, 0.1) is 17.4 Å². The van der Waals surface area contributed by atoms with E-state index >= 15 is 0 Å². The van der Waals surface area contributed by atoms with E-state index in [1.165, 1.54) is 70.8 Å². The van der Waals surface area contributed by atoms with Crippen molar-refractivity contribution >= 4 is 35.7 Å². The maximum absolute atomic E-state index is 10.6. The average Bonchev–Trinajstić information content (AvgIpc) is 2.78. The highest BCUT2D eigenvalue weighted by Crippen LogP contribution is 2.18. The van der Waals surface area contributed by atoms with Gasteiger partial charge in [-0.1, -0.05) is 48.0 Å². The van der Waals surface area contributed by atoms with Crippen molar-refractivity contribution in [2.75, 3.05) is 0 Å². The summed E-state index contributed by atoms with van der Waals surface area (Å²) in [6.07, 6.45) is 9.49. The van der Waals surface area contributed by atoms with Gasteiger partial charge in [0.2, 0.25) is 0 Å². The molecule has 4 nitrogen and oxygen atoms in total. The Morgan fingerprint density at radius 2 is 1.53 bits per heavy atom. The van der Waals surface area contributed by atoms with E-state index in [-0.39, 0.29) is 16.7 Å². The second-order valence-corrected chi connectivity index (χ2v) is 8.42. The lowest BCUT2D eigenvalue weighted by molar-refractivity contribution is 0.0696. The molecular formula is C27H23ClO4. The molecule has 0 saturated heterocycles. The molecule has 5 rings (SSSR count). The van der Waals surface area contributed by atoms with Crippen LogP contribution < -0.4 is 10.4 Å². The highest BCUT2D eigenvalue weighted by Gasteiger charge is 2.14. The molecule has 3 aromatic carbocycles. The minimum Gasteiger partial charge on any atom is -0.478 e. The van der Waals surface area contributed by atoms with E-state index in [4.69, 9.17) is 21.8 Å². The van der Waals surface area contributed by atoms with E-state index in [2.05, 4.69) is 36.4 Å². The minimum atomic E-state index is -1.11. The zero-order valence-corrected chi connectivity index (χ0v) is 18.4. The molecule has 0 bridgehead atoms. The highest BCUT2D eigenvalue weighted by molar-refractivity contribution is 6.30. The molecule has 2 aliphatic carbocycles. The molecule has 0 aliphatic heterocycles. The van der Waals surface area contributed by atoms with Gasteiger partial charge in [0.05, 0.1) is 11.1 Å². The third-order valence-corrected chi connectivity index (χ3v) is 6.32. The van der Waals surface area contributed by atoms with E-state index < -0.39 is 11.9 Å². The number of rotatable bonds is 2. The van der Waals surface area contributed by atoms with Gasteiger partial charge in [0.25, 0.3) is 0 Å². The zero-order valence-electron chi connectivity index (χ0n) is 17.7. The van der Waals surface area contributed by atoms with Crippen molar-refractivity contribution in [3.63, 3.8) is 0 Å². The van der Waals surface area contributed by atoms with Crippen LogP contribution in [0.25, 0.3) is 12.2 Å². The molecule has 0 spiro atoms. The van der Waals surface area contributed by atoms with E-state index in [9.17, 15) is 9.59 Å². The Morgan fingerprint density at radius 3 is 2.22 bits per heavy atom. The lowest BCUT2D eigenvalue weighted by Crippen LogP contribution is -2.19. The summed E-state index contributed by atoms with van der Waals surface area (Å²) in [6.45, 7) is 1.48. The van der Waals surface area contributed by atoms with Gasteiger partial charge in [-0.15, -0.1) is 0 Å². The van der Waals surface area contributed by atoms with Gasteiger partial charge in [-0.2, -0.15) is 0 Å². The molecule has 0 saturated carbocycles. The van der Waals surface area contributed by atoms with Gasteiger partial charge >= 0.3 is 11.9 Å². The van der Waals surface area contributed by atoms with Crippen LogP contribution in [0.15, 0.2) is 48.5 Å². The summed E-state index contributed by atoms with van der Waals surface area (Å²) in [7, 11) is 0. The lowest BCUT2D eigenvalue weighted by atomic mass is 9.89. The fraction of sp³-hybridized carbons (Fsp3) is 0.185. The van der Waals surface area contributed by atoms with Crippen LogP contribution in [0.5, 0.6) is 0 Å². The maximum Gasteiger partial charge on any atom is 0.335 e. The number of carboxylic acid groups (broad SMARTS) is 2. The number of fused-ring (bicyclic) bond motifs is 4. The summed E-state index contributed by atoms with van der Waals surface area (Å²) in [5.41, 5.74) is 3.44. The van der Waals surface area contributed by atoms with Crippen LogP contribution in [-0.4, -0.2) is 22.2 Å². The number of halogens is 1.